The van der Waals surface area contributed by atoms with E-state index >= 15 is 0 Å². The molecule has 1 saturated carbocycles. The van der Waals surface area contributed by atoms with Gasteiger partial charge in [0.2, 0.25) is 5.88 Å². The van der Waals surface area contributed by atoms with Gasteiger partial charge in [-0.15, -0.1) is 5.06 Å². The Balaban J connectivity index is 0.000000194. The Hall–Kier alpha value is -4.03. The minimum Gasteiger partial charge on any atom is -0.426 e. The maximum Gasteiger partial charge on any atom is 0.337 e. The molecular weight excluding hydrogens is 546 g/mol. The maximum atomic E-state index is 12.5. The zero-order chi connectivity index (χ0) is 30.4. The van der Waals surface area contributed by atoms with Crippen molar-refractivity contribution in [2.45, 2.75) is 78.6 Å². The van der Waals surface area contributed by atoms with Gasteiger partial charge in [0.25, 0.3) is 17.7 Å². The number of aryl methyl sites for hydroxylation is 2. The molecule has 226 valence electrons. The van der Waals surface area contributed by atoms with E-state index in [-0.39, 0.29) is 36.4 Å². The molecular formula is C30H37N3O9. The molecule has 1 fully saturated rings. The number of hydrogen-bond acceptors (Lipinski definition) is 10. The summed E-state index contributed by atoms with van der Waals surface area (Å²) in [6.07, 6.45) is 7.66. The number of hydroxylamine groups is 3. The van der Waals surface area contributed by atoms with Gasteiger partial charge in [0.15, 0.2) is 0 Å². The number of imide groups is 1. The van der Waals surface area contributed by atoms with Crippen LogP contribution >= 0.6 is 0 Å². The lowest BCUT2D eigenvalue weighted by molar-refractivity contribution is -0.169. The molecule has 0 bridgehead atoms. The van der Waals surface area contributed by atoms with E-state index in [1.54, 1.807) is 13.8 Å². The van der Waals surface area contributed by atoms with Gasteiger partial charge in [-0.05, 0) is 56.6 Å². The Morgan fingerprint density at radius 3 is 2.17 bits per heavy atom. The number of fused-ring (bicyclic) bond motifs is 2. The summed E-state index contributed by atoms with van der Waals surface area (Å²) in [6.45, 7) is 9.82. The van der Waals surface area contributed by atoms with Gasteiger partial charge in [0.05, 0.1) is 25.2 Å². The molecule has 2 aromatic heterocycles. The van der Waals surface area contributed by atoms with E-state index in [4.69, 9.17) is 18.5 Å². The topological polar surface area (TPSA) is 149 Å². The molecule has 2 aliphatic heterocycles. The summed E-state index contributed by atoms with van der Waals surface area (Å²) in [4.78, 5) is 70.4. The highest BCUT2D eigenvalue weighted by molar-refractivity contribution is 6.09. The molecule has 0 unspecified atom stereocenters. The molecule has 0 atom stereocenters. The van der Waals surface area contributed by atoms with Crippen molar-refractivity contribution in [1.29, 1.82) is 0 Å². The fraction of sp³-hybridized carbons (Fsp3) is 0.500. The predicted octanol–water partition coefficient (Wildman–Crippen LogP) is 3.80. The maximum absolute atomic E-state index is 12.5. The molecule has 0 spiro atoms. The van der Waals surface area contributed by atoms with E-state index in [0.29, 0.717) is 47.6 Å². The van der Waals surface area contributed by atoms with Crippen molar-refractivity contribution in [3.8, 4) is 0 Å². The second-order valence-electron chi connectivity index (χ2n) is 10.3. The van der Waals surface area contributed by atoms with E-state index in [1.807, 2.05) is 6.92 Å². The van der Waals surface area contributed by atoms with E-state index < -0.39 is 23.1 Å². The van der Waals surface area contributed by atoms with Crippen LogP contribution in [-0.2, 0) is 33.7 Å². The Bertz CT molecular complexity index is 1470. The fourth-order valence-electron chi connectivity index (χ4n) is 5.11. The van der Waals surface area contributed by atoms with Crippen molar-refractivity contribution >= 4 is 23.6 Å². The zero-order valence-electron chi connectivity index (χ0n) is 24.3. The number of anilines is 1. The van der Waals surface area contributed by atoms with Crippen molar-refractivity contribution < 1.29 is 32.9 Å². The molecule has 12 nitrogen and oxygen atoms in total. The Kier molecular flexibility index (Phi) is 10.1. The summed E-state index contributed by atoms with van der Waals surface area (Å²) >= 11 is 0. The number of rotatable bonds is 10. The minimum absolute atomic E-state index is 0.110. The third-order valence-electron chi connectivity index (χ3n) is 7.35. The van der Waals surface area contributed by atoms with E-state index in [2.05, 4.69) is 11.9 Å². The van der Waals surface area contributed by atoms with Crippen LogP contribution < -0.4 is 21.6 Å². The number of hydrogen-bond donors (Lipinski definition) is 1. The largest absolute Gasteiger partial charge is 0.426 e. The van der Waals surface area contributed by atoms with Crippen LogP contribution in [0.3, 0.4) is 0 Å². The van der Waals surface area contributed by atoms with E-state index in [0.717, 1.165) is 24.3 Å². The standard InChI is InChI=1S/C16H19NO5.C14H18N2O4/c1-2-21-17-13(18)9-12-15(16(17)20)11(8-14(19)22-12)7-6-10-4-3-5-10;1-4-6-7-10-8-11(17)20-14-12(10)13(18)15-9(3)16(14)19-5-2/h8,10H,2-7,9H2,1H3;8H,3-7H2,1-2H3,(H,15,18). The van der Waals surface area contributed by atoms with Crippen molar-refractivity contribution in [3.63, 3.8) is 0 Å². The summed E-state index contributed by atoms with van der Waals surface area (Å²) in [5, 5.41) is 4.66. The Morgan fingerprint density at radius 2 is 1.55 bits per heavy atom. The lowest BCUT2D eigenvalue weighted by Crippen LogP contribution is -2.43. The van der Waals surface area contributed by atoms with Gasteiger partial charge in [-0.1, -0.05) is 39.2 Å². The van der Waals surface area contributed by atoms with Crippen LogP contribution in [0.15, 0.2) is 43.0 Å². The highest BCUT2D eigenvalue weighted by atomic mass is 16.7. The molecule has 12 heteroatoms. The number of unbranched alkanes of at least 4 members (excludes halogenated alkanes) is 1. The second-order valence-corrected chi connectivity index (χ2v) is 10.3. The van der Waals surface area contributed by atoms with Crippen LogP contribution in [0, 0.1) is 5.92 Å². The van der Waals surface area contributed by atoms with Gasteiger partial charge >= 0.3 is 11.3 Å². The van der Waals surface area contributed by atoms with Crippen LogP contribution in [0.5, 0.6) is 0 Å². The zero-order valence-corrected chi connectivity index (χ0v) is 24.3. The third kappa shape index (κ3) is 6.71. The normalized spacial score (nSPS) is 16.4. The van der Waals surface area contributed by atoms with E-state index in [1.165, 1.54) is 36.5 Å². The average Bonchev–Trinajstić information content (AvgIpc) is 2.90. The van der Waals surface area contributed by atoms with Crippen LogP contribution in [-0.4, -0.2) is 36.0 Å². The Labute approximate surface area is 243 Å². The van der Waals surface area contributed by atoms with Gasteiger partial charge in [-0.2, -0.15) is 5.06 Å². The van der Waals surface area contributed by atoms with Crippen molar-refractivity contribution in [3.05, 3.63) is 73.4 Å². The summed E-state index contributed by atoms with van der Waals surface area (Å²) in [5.41, 5.74) is 1.01. The monoisotopic (exact) mass is 583 g/mol. The molecule has 4 heterocycles. The number of carbonyl (C=O) groups excluding carboxylic acids is 3. The molecule has 1 aliphatic carbocycles. The highest BCUT2D eigenvalue weighted by Gasteiger charge is 2.36. The Morgan fingerprint density at radius 1 is 0.905 bits per heavy atom. The number of carbonyl (C=O) groups is 3. The molecule has 0 radical (unpaired) electrons. The molecule has 5 rings (SSSR count). The fourth-order valence-corrected chi connectivity index (χ4v) is 5.11. The van der Waals surface area contributed by atoms with Gasteiger partial charge in [-0.25, -0.2) is 9.59 Å². The van der Waals surface area contributed by atoms with Gasteiger partial charge in [-0.3, -0.25) is 24.1 Å². The average molecular weight is 584 g/mol. The summed E-state index contributed by atoms with van der Waals surface area (Å²) in [7, 11) is 0. The van der Waals surface area contributed by atoms with Gasteiger partial charge in [0, 0.05) is 12.1 Å². The summed E-state index contributed by atoms with van der Waals surface area (Å²) in [6, 6.07) is 2.74. The quantitative estimate of drug-likeness (QED) is 0.409. The highest BCUT2D eigenvalue weighted by Crippen LogP contribution is 2.32. The smallest absolute Gasteiger partial charge is 0.337 e. The summed E-state index contributed by atoms with van der Waals surface area (Å²) < 4.78 is 10.2. The first kappa shape index (κ1) is 30.9. The lowest BCUT2D eigenvalue weighted by Gasteiger charge is -2.29. The molecule has 3 aliphatic rings. The second kappa shape index (κ2) is 13.8. The van der Waals surface area contributed by atoms with Crippen LogP contribution in [0.4, 0.5) is 5.88 Å². The predicted molar refractivity (Wildman–Crippen MR) is 151 cm³/mol. The molecule has 0 aromatic carbocycles. The van der Waals surface area contributed by atoms with Crippen molar-refractivity contribution in [2.24, 2.45) is 5.92 Å². The lowest BCUT2D eigenvalue weighted by atomic mass is 9.81. The van der Waals surface area contributed by atoms with Crippen molar-refractivity contribution in [1.82, 2.24) is 10.4 Å². The van der Waals surface area contributed by atoms with Crippen molar-refractivity contribution in [2.75, 3.05) is 18.3 Å². The number of nitrogens with one attached hydrogen (secondary N) is 1. The first-order valence-corrected chi connectivity index (χ1v) is 14.4. The van der Waals surface area contributed by atoms with E-state index in [9.17, 15) is 24.0 Å². The SMILES string of the molecule is C=C1NC(=O)c2c(CCCC)cc(=O)oc2N1OCC.CCON1C(=O)Cc2oc(=O)cc(CCC3CCC3)c2C1=O. The molecule has 2 aromatic rings. The summed E-state index contributed by atoms with van der Waals surface area (Å²) in [5.74, 6) is -0.164. The van der Waals surface area contributed by atoms with Crippen LogP contribution in [0.2, 0.25) is 0 Å². The van der Waals surface area contributed by atoms with Gasteiger partial charge in [0.1, 0.15) is 17.1 Å². The molecule has 3 amide bonds. The van der Waals surface area contributed by atoms with Gasteiger partial charge < -0.3 is 14.2 Å². The minimum atomic E-state index is -0.527. The third-order valence-corrected chi connectivity index (χ3v) is 7.35. The molecule has 1 N–H and O–H groups in total. The first-order valence-electron chi connectivity index (χ1n) is 14.4. The van der Waals surface area contributed by atoms with Crippen LogP contribution in [0.1, 0.15) is 96.9 Å². The first-order chi connectivity index (χ1) is 20.2. The molecule has 42 heavy (non-hydrogen) atoms. The number of nitrogens with zero attached hydrogens (tertiary/aromatic N) is 2. The molecule has 0 saturated heterocycles. The van der Waals surface area contributed by atoms with Crippen LogP contribution in [0.25, 0.3) is 0 Å². The number of amides is 3.